The summed E-state index contributed by atoms with van der Waals surface area (Å²) < 4.78 is 21.6. The van der Waals surface area contributed by atoms with E-state index in [1.807, 2.05) is 45.0 Å². The molecule has 0 fully saturated rings. The molecule has 0 spiro atoms. The highest BCUT2D eigenvalue weighted by Crippen LogP contribution is 2.32. The number of ether oxygens (including phenoxy) is 4. The quantitative estimate of drug-likeness (QED) is 0.0329. The third-order valence-corrected chi connectivity index (χ3v) is 11.7. The number of fused-ring (bicyclic) bond motifs is 1. The maximum absolute atomic E-state index is 13.9. The third kappa shape index (κ3) is 17.6. The van der Waals surface area contributed by atoms with Crippen LogP contribution in [0.25, 0.3) is 10.4 Å². The van der Waals surface area contributed by atoms with E-state index < -0.39 is 47.1 Å². The molecule has 17 nitrogen and oxygen atoms in total. The van der Waals surface area contributed by atoms with Crippen molar-refractivity contribution in [3.8, 4) is 0 Å². The van der Waals surface area contributed by atoms with Gasteiger partial charge in [0.15, 0.2) is 0 Å². The molecule has 0 saturated heterocycles. The van der Waals surface area contributed by atoms with Crippen LogP contribution < -0.4 is 0 Å². The lowest BCUT2D eigenvalue weighted by Crippen LogP contribution is -2.46. The Labute approximate surface area is 471 Å². The highest BCUT2D eigenvalue weighted by atomic mass is 35.5. The first kappa shape index (κ1) is 62.1. The molecule has 6 aromatic rings. The Morgan fingerprint density at radius 1 is 0.740 bits per heavy atom. The summed E-state index contributed by atoms with van der Waals surface area (Å²) in [6.07, 6.45) is 7.25. The van der Waals surface area contributed by atoms with Crippen LogP contribution in [0.5, 0.6) is 0 Å². The van der Waals surface area contributed by atoms with Crippen LogP contribution in [0, 0.1) is 0 Å². The lowest BCUT2D eigenvalue weighted by molar-refractivity contribution is -0.146. The van der Waals surface area contributed by atoms with Crippen molar-refractivity contribution >= 4 is 97.2 Å². The molecule has 0 aliphatic carbocycles. The Balaban J connectivity index is 0.000000325. The van der Waals surface area contributed by atoms with Crippen molar-refractivity contribution in [1.29, 1.82) is 0 Å². The van der Waals surface area contributed by atoms with Crippen LogP contribution in [0.1, 0.15) is 105 Å². The second-order valence-electron chi connectivity index (χ2n) is 19.1. The van der Waals surface area contributed by atoms with E-state index in [1.54, 1.807) is 124 Å². The number of carbonyl (C=O) groups is 5. The van der Waals surface area contributed by atoms with Gasteiger partial charge >= 0.3 is 17.9 Å². The zero-order chi connectivity index (χ0) is 54.5. The summed E-state index contributed by atoms with van der Waals surface area (Å²) in [6.45, 7) is 11.1. The van der Waals surface area contributed by atoms with Crippen LogP contribution in [0.3, 0.4) is 0 Å². The molecule has 1 aliphatic rings. The fraction of sp³-hybridized carbons (Fsp3) is 0.286. The van der Waals surface area contributed by atoms with Crippen LogP contribution in [0.2, 0.25) is 10.0 Å². The number of amides is 2. The second kappa shape index (κ2) is 28.1. The number of halogens is 2. The normalized spacial score (nSPS) is 13.2. The number of nitrogens with zero attached hydrogens (tertiary/aromatic N) is 8. The summed E-state index contributed by atoms with van der Waals surface area (Å²) in [5, 5.41) is 4.38. The molecule has 0 radical (unpaired) electrons. The van der Waals surface area contributed by atoms with Crippen LogP contribution in [0.4, 0.5) is 11.4 Å². The Kier molecular flexibility index (Phi) is 22.7. The smallest absolute Gasteiger partial charge is 0.338 e. The van der Waals surface area contributed by atoms with E-state index in [0.717, 1.165) is 11.1 Å². The standard InChI is InChI=1S/C28H28ClN5O5.C28H28ClN3O4.2H2S/c1-28(2,3)39-26(36)20-9-7-18(8-10-20)17-34(24(27(37)38-4)14-19-6-5-13-31-16-19)25(35)22-12-11-21(29)15-23(22)32-33-30;1-28(2,3)36-27(34)20-9-7-18(8-10-20)17-32-24(14-19-6-5-13-30-16-19)25(35-4)31-23-15-21(29)11-12-22(23)26(32)33;;/h5-13,15-16,24H,14,17H2,1-4H3;5-13,15-16,24H,14,17H2,1-4H3;2*1H2/t2*24-;;/m11../s1. The van der Waals surface area contributed by atoms with Gasteiger partial charge in [-0.3, -0.25) is 19.6 Å². The van der Waals surface area contributed by atoms with Crippen molar-refractivity contribution in [3.05, 3.63) is 199 Å². The minimum atomic E-state index is -1.05. The van der Waals surface area contributed by atoms with Crippen molar-refractivity contribution in [3.63, 3.8) is 0 Å². The van der Waals surface area contributed by atoms with Gasteiger partial charge < -0.3 is 28.7 Å². The molecule has 2 amide bonds. The summed E-state index contributed by atoms with van der Waals surface area (Å²) in [6, 6.07) is 28.7. The molecule has 404 valence electrons. The minimum Gasteiger partial charge on any atom is -0.483 e. The molecule has 4 aromatic carbocycles. The second-order valence-corrected chi connectivity index (χ2v) is 20.0. The van der Waals surface area contributed by atoms with E-state index in [1.165, 1.54) is 30.2 Å². The van der Waals surface area contributed by atoms with Crippen molar-refractivity contribution < 1.29 is 42.9 Å². The lowest BCUT2D eigenvalue weighted by atomic mass is 10.0. The Morgan fingerprint density at radius 3 is 1.81 bits per heavy atom. The van der Waals surface area contributed by atoms with Gasteiger partial charge in [0, 0.05) is 71.2 Å². The van der Waals surface area contributed by atoms with Crippen LogP contribution >= 0.6 is 50.2 Å². The average Bonchev–Trinajstić information content (AvgIpc) is 3.47. The van der Waals surface area contributed by atoms with Crippen molar-refractivity contribution in [2.75, 3.05) is 14.2 Å². The molecule has 2 aromatic heterocycles. The molecular formula is C56H60Cl2N8O9S2. The molecule has 0 bridgehead atoms. The summed E-state index contributed by atoms with van der Waals surface area (Å²) in [5.74, 6) is -1.89. The molecular weight excluding hydrogens is 1060 g/mol. The highest BCUT2D eigenvalue weighted by Gasteiger charge is 2.36. The summed E-state index contributed by atoms with van der Waals surface area (Å²) in [7, 11) is 2.79. The van der Waals surface area contributed by atoms with Gasteiger partial charge in [-0.1, -0.05) is 64.7 Å². The van der Waals surface area contributed by atoms with Gasteiger partial charge in [-0.05, 0) is 142 Å². The molecule has 77 heavy (non-hydrogen) atoms. The van der Waals surface area contributed by atoms with Crippen LogP contribution in [-0.2, 0) is 49.7 Å². The predicted octanol–water partition coefficient (Wildman–Crippen LogP) is 11.9. The number of rotatable bonds is 14. The van der Waals surface area contributed by atoms with E-state index in [0.29, 0.717) is 50.8 Å². The number of methoxy groups -OCH3 is 2. The van der Waals surface area contributed by atoms with Gasteiger partial charge in [-0.15, -0.1) is 0 Å². The van der Waals surface area contributed by atoms with Crippen molar-refractivity contribution in [2.45, 2.75) is 90.8 Å². The van der Waals surface area contributed by atoms with Gasteiger partial charge in [0.2, 0.25) is 5.90 Å². The largest absolute Gasteiger partial charge is 0.483 e. The number of pyridine rings is 2. The van der Waals surface area contributed by atoms with Crippen molar-refractivity contribution in [2.24, 2.45) is 10.1 Å². The number of esters is 3. The van der Waals surface area contributed by atoms with E-state index in [-0.39, 0.29) is 68.7 Å². The molecule has 2 atom stereocenters. The molecule has 0 N–H and O–H groups in total. The van der Waals surface area contributed by atoms with E-state index in [4.69, 9.17) is 47.7 Å². The number of hydrogen-bond donors (Lipinski definition) is 0. The maximum Gasteiger partial charge on any atom is 0.338 e. The van der Waals surface area contributed by atoms with Gasteiger partial charge in [-0.2, -0.15) is 27.0 Å². The number of aliphatic imine (C=N–C) groups is 1. The molecule has 0 unspecified atom stereocenters. The highest BCUT2D eigenvalue weighted by molar-refractivity contribution is 7.59. The first-order valence-electron chi connectivity index (χ1n) is 23.6. The van der Waals surface area contributed by atoms with Crippen LogP contribution in [-0.4, -0.2) is 92.9 Å². The number of benzene rings is 4. The van der Waals surface area contributed by atoms with E-state index in [2.05, 4.69) is 25.0 Å². The van der Waals surface area contributed by atoms with Gasteiger partial charge in [-0.25, -0.2) is 19.4 Å². The number of hydrogen-bond acceptors (Lipinski definition) is 13. The monoisotopic (exact) mass is 1120 g/mol. The Bertz CT molecular complexity index is 3100. The zero-order valence-corrected chi connectivity index (χ0v) is 47.2. The van der Waals surface area contributed by atoms with E-state index in [9.17, 15) is 24.0 Å². The lowest BCUT2D eigenvalue weighted by Gasteiger charge is -2.31. The first-order chi connectivity index (χ1) is 35.7. The van der Waals surface area contributed by atoms with Crippen molar-refractivity contribution in [1.82, 2.24) is 19.8 Å². The Hall–Kier alpha value is -7.41. The SMILES string of the molecule is COC(=O)[C@@H](Cc1cccnc1)N(Cc1ccc(C(=O)OC(C)(C)C)cc1)C(=O)c1ccc(Cl)cc1N=[N+]=[N-].COC1=Nc2cc(Cl)ccc2C(=O)N(Cc2ccc(C(=O)OC(C)(C)C)cc2)[C@@H]1Cc1cccnc1.S.S. The summed E-state index contributed by atoms with van der Waals surface area (Å²) in [5.41, 5.74) is 12.7. The van der Waals surface area contributed by atoms with Crippen LogP contribution in [0.15, 0.2) is 144 Å². The molecule has 1 aliphatic heterocycles. The minimum absolute atomic E-state index is 0. The maximum atomic E-state index is 13.9. The number of aromatic nitrogens is 2. The molecule has 3 heterocycles. The zero-order valence-electron chi connectivity index (χ0n) is 43.7. The fourth-order valence-corrected chi connectivity index (χ4v) is 8.09. The molecule has 7 rings (SSSR count). The predicted molar refractivity (Wildman–Crippen MR) is 305 cm³/mol. The van der Waals surface area contributed by atoms with E-state index >= 15 is 0 Å². The van der Waals surface area contributed by atoms with Gasteiger partial charge in [0.05, 0.1) is 42.3 Å². The number of azide groups is 1. The summed E-state index contributed by atoms with van der Waals surface area (Å²) >= 11 is 12.3. The van der Waals surface area contributed by atoms with Gasteiger partial charge in [0.1, 0.15) is 23.3 Å². The third-order valence-electron chi connectivity index (χ3n) is 11.2. The summed E-state index contributed by atoms with van der Waals surface area (Å²) in [4.78, 5) is 84.5. The molecule has 21 heteroatoms. The Morgan fingerprint density at radius 2 is 1.29 bits per heavy atom. The number of carbonyl (C=O) groups excluding carboxylic acids is 5. The average molecular weight is 1120 g/mol. The fourth-order valence-electron chi connectivity index (χ4n) is 7.76. The van der Waals surface area contributed by atoms with Gasteiger partial charge in [0.25, 0.3) is 11.8 Å². The molecule has 0 saturated carbocycles. The topological polar surface area (TPSA) is 216 Å². The first-order valence-corrected chi connectivity index (χ1v) is 24.3.